The Labute approximate surface area is 124 Å². The average molecular weight is 344 g/mol. The lowest BCUT2D eigenvalue weighted by Gasteiger charge is -2.06. The number of hydrogen-bond acceptors (Lipinski definition) is 1. The van der Waals surface area contributed by atoms with Crippen LogP contribution >= 0.6 is 39.1 Å². The van der Waals surface area contributed by atoms with E-state index in [1.807, 2.05) is 19.1 Å². The van der Waals surface area contributed by atoms with Gasteiger partial charge in [-0.15, -0.1) is 0 Å². The molecule has 0 aliphatic rings. The molecule has 92 valence electrons. The van der Waals surface area contributed by atoms with Gasteiger partial charge in [0.1, 0.15) is 0 Å². The molecular formula is C14H9BrCl2O. The van der Waals surface area contributed by atoms with E-state index in [4.69, 9.17) is 23.2 Å². The molecule has 4 heteroatoms. The maximum absolute atomic E-state index is 12.4. The van der Waals surface area contributed by atoms with E-state index in [9.17, 15) is 4.79 Å². The van der Waals surface area contributed by atoms with Gasteiger partial charge in [-0.3, -0.25) is 4.79 Å². The zero-order valence-electron chi connectivity index (χ0n) is 9.51. The van der Waals surface area contributed by atoms with Crippen molar-refractivity contribution in [3.63, 3.8) is 0 Å². The van der Waals surface area contributed by atoms with Crippen LogP contribution in [0.2, 0.25) is 10.0 Å². The summed E-state index contributed by atoms with van der Waals surface area (Å²) >= 11 is 15.3. The lowest BCUT2D eigenvalue weighted by molar-refractivity contribution is 0.103. The van der Waals surface area contributed by atoms with Crippen LogP contribution in [0.4, 0.5) is 0 Å². The molecule has 0 bridgehead atoms. The Morgan fingerprint density at radius 3 is 2.50 bits per heavy atom. The van der Waals surface area contributed by atoms with Crippen LogP contribution in [-0.4, -0.2) is 5.78 Å². The van der Waals surface area contributed by atoms with E-state index >= 15 is 0 Å². The van der Waals surface area contributed by atoms with Crippen molar-refractivity contribution < 1.29 is 4.79 Å². The second kappa shape index (κ2) is 5.43. The maximum Gasteiger partial charge on any atom is 0.194 e. The molecule has 0 spiro atoms. The van der Waals surface area contributed by atoms with Crippen molar-refractivity contribution >= 4 is 44.9 Å². The number of carbonyl (C=O) groups excluding carboxylic acids is 1. The number of halogens is 3. The number of benzene rings is 2. The Balaban J connectivity index is 2.51. The van der Waals surface area contributed by atoms with E-state index in [1.54, 1.807) is 24.3 Å². The first kappa shape index (κ1) is 13.6. The normalized spacial score (nSPS) is 10.4. The third kappa shape index (κ3) is 2.94. The van der Waals surface area contributed by atoms with Crippen molar-refractivity contribution in [1.82, 2.24) is 0 Å². The van der Waals surface area contributed by atoms with Gasteiger partial charge in [-0.25, -0.2) is 0 Å². The van der Waals surface area contributed by atoms with Gasteiger partial charge in [-0.2, -0.15) is 0 Å². The molecule has 0 aromatic heterocycles. The minimum Gasteiger partial charge on any atom is -0.289 e. The third-order valence-electron chi connectivity index (χ3n) is 2.48. The minimum atomic E-state index is -0.132. The minimum absolute atomic E-state index is 0.132. The molecule has 0 aliphatic carbocycles. The molecule has 18 heavy (non-hydrogen) atoms. The fraction of sp³-hybridized carbons (Fsp3) is 0.0714. The predicted octanol–water partition coefficient (Wildman–Crippen LogP) is 5.30. The Morgan fingerprint density at radius 1 is 1.11 bits per heavy atom. The molecule has 0 saturated carbocycles. The summed E-state index contributed by atoms with van der Waals surface area (Å²) in [5, 5.41) is 0.900. The summed E-state index contributed by atoms with van der Waals surface area (Å²) in [7, 11) is 0. The zero-order valence-corrected chi connectivity index (χ0v) is 12.6. The van der Waals surface area contributed by atoms with Crippen molar-refractivity contribution in [3.05, 3.63) is 67.6 Å². The number of carbonyl (C=O) groups is 1. The molecule has 0 unspecified atom stereocenters. The van der Waals surface area contributed by atoms with Crippen LogP contribution in [0.15, 0.2) is 40.9 Å². The third-order valence-corrected chi connectivity index (χ3v) is 3.50. The average Bonchev–Trinajstić information content (AvgIpc) is 2.30. The molecule has 0 fully saturated rings. The van der Waals surface area contributed by atoms with Crippen LogP contribution < -0.4 is 0 Å². The number of rotatable bonds is 2. The fourth-order valence-corrected chi connectivity index (χ4v) is 2.68. The lowest BCUT2D eigenvalue weighted by atomic mass is 10.0. The van der Waals surface area contributed by atoms with Gasteiger partial charge < -0.3 is 0 Å². The highest BCUT2D eigenvalue weighted by Crippen LogP contribution is 2.25. The Bertz CT molecular complexity index is 603. The first-order valence-corrected chi connectivity index (χ1v) is 6.79. The molecule has 0 N–H and O–H groups in total. The summed E-state index contributed by atoms with van der Waals surface area (Å²) in [6.07, 6.45) is 0. The van der Waals surface area contributed by atoms with Gasteiger partial charge in [0.15, 0.2) is 5.78 Å². The molecule has 1 nitrogen and oxygen atoms in total. The Kier molecular flexibility index (Phi) is 4.10. The highest BCUT2D eigenvalue weighted by Gasteiger charge is 2.14. The molecule has 0 saturated heterocycles. The van der Waals surface area contributed by atoms with Crippen LogP contribution in [-0.2, 0) is 0 Å². The lowest BCUT2D eigenvalue weighted by Crippen LogP contribution is -2.02. The number of ketones is 1. The fourth-order valence-electron chi connectivity index (χ4n) is 1.69. The van der Waals surface area contributed by atoms with E-state index < -0.39 is 0 Å². The highest BCUT2D eigenvalue weighted by molar-refractivity contribution is 9.10. The van der Waals surface area contributed by atoms with Crippen LogP contribution in [0.3, 0.4) is 0 Å². The molecule has 0 atom stereocenters. The van der Waals surface area contributed by atoms with Crippen LogP contribution in [0.5, 0.6) is 0 Å². The van der Waals surface area contributed by atoms with E-state index in [1.165, 1.54) is 0 Å². The molecule has 2 rings (SSSR count). The van der Waals surface area contributed by atoms with Crippen molar-refractivity contribution in [1.29, 1.82) is 0 Å². The second-order valence-electron chi connectivity index (χ2n) is 3.97. The van der Waals surface area contributed by atoms with Gasteiger partial charge in [-0.1, -0.05) is 39.1 Å². The number of aryl methyl sites for hydroxylation is 1. The van der Waals surface area contributed by atoms with E-state index in [2.05, 4.69) is 15.9 Å². The quantitative estimate of drug-likeness (QED) is 0.676. The van der Waals surface area contributed by atoms with Gasteiger partial charge in [0.05, 0.1) is 5.02 Å². The molecule has 0 heterocycles. The molecular weight excluding hydrogens is 335 g/mol. The monoisotopic (exact) mass is 342 g/mol. The topological polar surface area (TPSA) is 17.1 Å². The van der Waals surface area contributed by atoms with Crippen molar-refractivity contribution in [3.8, 4) is 0 Å². The Morgan fingerprint density at radius 2 is 1.83 bits per heavy atom. The SMILES string of the molecule is Cc1cc(Br)cc(C(=O)c2cc(Cl)ccc2Cl)c1. The summed E-state index contributed by atoms with van der Waals surface area (Å²) in [5.74, 6) is -0.132. The zero-order chi connectivity index (χ0) is 13.3. The van der Waals surface area contributed by atoms with Gasteiger partial charge in [-0.05, 0) is 48.9 Å². The summed E-state index contributed by atoms with van der Waals surface area (Å²) in [6, 6.07) is 10.4. The van der Waals surface area contributed by atoms with Gasteiger partial charge in [0.25, 0.3) is 0 Å². The van der Waals surface area contributed by atoms with E-state index in [0.29, 0.717) is 21.2 Å². The van der Waals surface area contributed by atoms with Gasteiger partial charge in [0, 0.05) is 20.6 Å². The largest absolute Gasteiger partial charge is 0.289 e. The first-order valence-electron chi connectivity index (χ1n) is 5.24. The smallest absolute Gasteiger partial charge is 0.194 e. The maximum atomic E-state index is 12.4. The summed E-state index contributed by atoms with van der Waals surface area (Å²) < 4.78 is 0.865. The predicted molar refractivity (Wildman–Crippen MR) is 78.8 cm³/mol. The molecule has 0 aliphatic heterocycles. The van der Waals surface area contributed by atoms with Gasteiger partial charge in [0.2, 0.25) is 0 Å². The molecule has 2 aromatic carbocycles. The first-order chi connectivity index (χ1) is 8.47. The summed E-state index contributed by atoms with van der Waals surface area (Å²) in [6.45, 7) is 1.93. The summed E-state index contributed by atoms with van der Waals surface area (Å²) in [4.78, 5) is 12.4. The number of hydrogen-bond donors (Lipinski definition) is 0. The van der Waals surface area contributed by atoms with Crippen molar-refractivity contribution in [2.45, 2.75) is 6.92 Å². The second-order valence-corrected chi connectivity index (χ2v) is 5.73. The van der Waals surface area contributed by atoms with E-state index in [0.717, 1.165) is 10.0 Å². The van der Waals surface area contributed by atoms with Gasteiger partial charge >= 0.3 is 0 Å². The molecule has 0 amide bonds. The molecule has 0 radical (unpaired) electrons. The summed E-state index contributed by atoms with van der Waals surface area (Å²) in [5.41, 5.74) is 2.01. The van der Waals surface area contributed by atoms with E-state index in [-0.39, 0.29) is 5.78 Å². The van der Waals surface area contributed by atoms with Crippen molar-refractivity contribution in [2.75, 3.05) is 0 Å². The standard InChI is InChI=1S/C14H9BrCl2O/c1-8-4-9(6-10(15)5-8)14(18)12-7-11(16)2-3-13(12)17/h2-7H,1H3. The Hall–Kier alpha value is -0.830. The van der Waals surface area contributed by atoms with Crippen LogP contribution in [0.1, 0.15) is 21.5 Å². The van der Waals surface area contributed by atoms with Crippen molar-refractivity contribution in [2.24, 2.45) is 0 Å². The van der Waals surface area contributed by atoms with Crippen LogP contribution in [0.25, 0.3) is 0 Å². The van der Waals surface area contributed by atoms with Crippen LogP contribution in [0, 0.1) is 6.92 Å². The molecule has 2 aromatic rings. The highest BCUT2D eigenvalue weighted by atomic mass is 79.9.